The maximum atomic E-state index is 4.07. The maximum Gasteiger partial charge on any atom is 0.0377 e. The van der Waals surface area contributed by atoms with Gasteiger partial charge in [-0.1, -0.05) is 52.0 Å². The molecule has 1 N–H and O–H groups in total. The average molecular weight is 285 g/mol. The number of rotatable bonds is 2. The van der Waals surface area contributed by atoms with E-state index in [2.05, 4.69) is 57.3 Å². The van der Waals surface area contributed by atoms with Crippen LogP contribution in [0.1, 0.15) is 70.5 Å². The van der Waals surface area contributed by atoms with Gasteiger partial charge in [-0.25, -0.2) is 0 Å². The van der Waals surface area contributed by atoms with Crippen molar-refractivity contribution in [1.29, 1.82) is 0 Å². The molecule has 0 aliphatic heterocycles. The van der Waals surface area contributed by atoms with Gasteiger partial charge in [-0.3, -0.25) is 0 Å². The van der Waals surface area contributed by atoms with Crippen LogP contribution in [0.3, 0.4) is 0 Å². The van der Waals surface area contributed by atoms with E-state index in [0.717, 1.165) is 11.8 Å². The van der Waals surface area contributed by atoms with Gasteiger partial charge in [-0.15, -0.1) is 0 Å². The average Bonchev–Trinajstić information content (AvgIpc) is 2.44. The van der Waals surface area contributed by atoms with Crippen LogP contribution in [-0.2, 0) is 6.42 Å². The summed E-state index contributed by atoms with van der Waals surface area (Å²) in [4.78, 5) is 0. The summed E-state index contributed by atoms with van der Waals surface area (Å²) >= 11 is 0. The highest BCUT2D eigenvalue weighted by Gasteiger charge is 2.38. The Morgan fingerprint density at radius 1 is 1.10 bits per heavy atom. The molecule has 2 aliphatic carbocycles. The third-order valence-electron chi connectivity index (χ3n) is 6.00. The predicted molar refractivity (Wildman–Crippen MR) is 90.4 cm³/mol. The number of benzene rings is 1. The standard InChI is InChI=1S/C20H31N/c1-14-9-10-18(15(2)13-14)21-19-17-8-6-5-7-16(17)11-12-20(19,3)4/h5-8,14-15,18-19,21H,9-13H2,1-4H3. The Balaban J connectivity index is 1.82. The molecule has 1 nitrogen and oxygen atoms in total. The fourth-order valence-corrected chi connectivity index (χ4v) is 4.51. The molecule has 1 saturated carbocycles. The molecule has 1 aromatic carbocycles. The summed E-state index contributed by atoms with van der Waals surface area (Å²) in [5.74, 6) is 1.71. The summed E-state index contributed by atoms with van der Waals surface area (Å²) in [6, 6.07) is 10.3. The van der Waals surface area contributed by atoms with Crippen molar-refractivity contribution in [2.45, 2.75) is 71.9 Å². The third-order valence-corrected chi connectivity index (χ3v) is 6.00. The first-order chi connectivity index (χ1) is 9.97. The van der Waals surface area contributed by atoms with Crippen LogP contribution in [-0.4, -0.2) is 6.04 Å². The van der Waals surface area contributed by atoms with Crippen molar-refractivity contribution in [3.63, 3.8) is 0 Å². The Labute approximate surface area is 130 Å². The first kappa shape index (κ1) is 15.1. The summed E-state index contributed by atoms with van der Waals surface area (Å²) in [5.41, 5.74) is 3.47. The van der Waals surface area contributed by atoms with E-state index >= 15 is 0 Å². The molecule has 0 saturated heterocycles. The zero-order valence-electron chi connectivity index (χ0n) is 14.2. The third kappa shape index (κ3) is 3.04. The molecular formula is C20H31N. The number of fused-ring (bicyclic) bond motifs is 1. The molecule has 0 spiro atoms. The Kier molecular flexibility index (Phi) is 4.14. The van der Waals surface area contributed by atoms with Crippen molar-refractivity contribution in [2.24, 2.45) is 17.3 Å². The van der Waals surface area contributed by atoms with Gasteiger partial charge in [0.2, 0.25) is 0 Å². The Bertz CT molecular complexity index is 490. The van der Waals surface area contributed by atoms with E-state index in [-0.39, 0.29) is 0 Å². The fourth-order valence-electron chi connectivity index (χ4n) is 4.51. The zero-order chi connectivity index (χ0) is 15.0. The lowest BCUT2D eigenvalue weighted by Gasteiger charge is -2.45. The van der Waals surface area contributed by atoms with E-state index < -0.39 is 0 Å². The monoisotopic (exact) mass is 285 g/mol. The van der Waals surface area contributed by atoms with E-state index in [4.69, 9.17) is 0 Å². The molecule has 116 valence electrons. The quantitative estimate of drug-likeness (QED) is 0.795. The predicted octanol–water partition coefficient (Wildman–Crippen LogP) is 5.11. The van der Waals surface area contributed by atoms with E-state index in [1.807, 2.05) is 0 Å². The van der Waals surface area contributed by atoms with E-state index in [0.29, 0.717) is 17.5 Å². The zero-order valence-corrected chi connectivity index (χ0v) is 14.2. The molecule has 4 unspecified atom stereocenters. The van der Waals surface area contributed by atoms with Crippen LogP contribution in [0.5, 0.6) is 0 Å². The first-order valence-corrected chi connectivity index (χ1v) is 8.81. The van der Waals surface area contributed by atoms with Crippen molar-refractivity contribution in [2.75, 3.05) is 0 Å². The molecule has 0 aromatic heterocycles. The van der Waals surface area contributed by atoms with Gasteiger partial charge in [0.15, 0.2) is 0 Å². The molecule has 0 radical (unpaired) electrons. The number of aryl methyl sites for hydroxylation is 1. The topological polar surface area (TPSA) is 12.0 Å². The molecule has 0 heterocycles. The van der Waals surface area contributed by atoms with Crippen LogP contribution in [0.15, 0.2) is 24.3 Å². The van der Waals surface area contributed by atoms with Crippen molar-refractivity contribution in [1.82, 2.24) is 5.32 Å². The first-order valence-electron chi connectivity index (χ1n) is 8.81. The molecule has 3 rings (SSSR count). The van der Waals surface area contributed by atoms with Crippen LogP contribution < -0.4 is 5.32 Å². The highest BCUT2D eigenvalue weighted by atomic mass is 15.0. The van der Waals surface area contributed by atoms with Gasteiger partial charge >= 0.3 is 0 Å². The Hall–Kier alpha value is -0.820. The smallest absolute Gasteiger partial charge is 0.0377 e. The molecule has 2 aliphatic rings. The molecule has 0 amide bonds. The van der Waals surface area contributed by atoms with Gasteiger partial charge in [0.25, 0.3) is 0 Å². The summed E-state index contributed by atoms with van der Waals surface area (Å²) in [6.45, 7) is 9.73. The Morgan fingerprint density at radius 3 is 2.62 bits per heavy atom. The van der Waals surface area contributed by atoms with Crippen molar-refractivity contribution >= 4 is 0 Å². The van der Waals surface area contributed by atoms with Crippen molar-refractivity contribution < 1.29 is 0 Å². The lowest BCUT2D eigenvalue weighted by Crippen LogP contribution is -2.47. The largest absolute Gasteiger partial charge is 0.306 e. The van der Waals surface area contributed by atoms with Crippen LogP contribution >= 0.6 is 0 Å². The van der Waals surface area contributed by atoms with Gasteiger partial charge in [-0.2, -0.15) is 0 Å². The molecule has 4 atom stereocenters. The van der Waals surface area contributed by atoms with Crippen molar-refractivity contribution in [3.8, 4) is 0 Å². The van der Waals surface area contributed by atoms with Crippen LogP contribution in [0, 0.1) is 17.3 Å². The molecule has 1 aromatic rings. The van der Waals surface area contributed by atoms with Gasteiger partial charge in [-0.05, 0) is 60.5 Å². The molecule has 0 bridgehead atoms. The number of hydrogen-bond acceptors (Lipinski definition) is 1. The summed E-state index contributed by atoms with van der Waals surface area (Å²) < 4.78 is 0. The van der Waals surface area contributed by atoms with E-state index in [1.54, 1.807) is 11.1 Å². The second-order valence-corrected chi connectivity index (χ2v) is 8.29. The highest BCUT2D eigenvalue weighted by Crippen LogP contribution is 2.44. The SMILES string of the molecule is CC1CCC(NC2c3ccccc3CCC2(C)C)C(C)C1. The molecule has 1 heteroatoms. The highest BCUT2D eigenvalue weighted by molar-refractivity contribution is 5.34. The lowest BCUT2D eigenvalue weighted by molar-refractivity contribution is 0.145. The second-order valence-electron chi connectivity index (χ2n) is 8.29. The number of nitrogens with one attached hydrogen (secondary N) is 1. The molecule has 21 heavy (non-hydrogen) atoms. The minimum Gasteiger partial charge on any atom is -0.306 e. The van der Waals surface area contributed by atoms with Gasteiger partial charge < -0.3 is 5.32 Å². The maximum absolute atomic E-state index is 4.07. The van der Waals surface area contributed by atoms with Gasteiger partial charge in [0.05, 0.1) is 0 Å². The molecule has 1 fully saturated rings. The minimum absolute atomic E-state index is 0.358. The molecular weight excluding hydrogens is 254 g/mol. The summed E-state index contributed by atoms with van der Waals surface area (Å²) in [7, 11) is 0. The second kappa shape index (κ2) is 5.76. The van der Waals surface area contributed by atoms with Crippen LogP contribution in [0.25, 0.3) is 0 Å². The minimum atomic E-state index is 0.358. The van der Waals surface area contributed by atoms with E-state index in [9.17, 15) is 0 Å². The van der Waals surface area contributed by atoms with E-state index in [1.165, 1.54) is 32.1 Å². The van der Waals surface area contributed by atoms with Gasteiger partial charge in [0, 0.05) is 12.1 Å². The number of hydrogen-bond donors (Lipinski definition) is 1. The van der Waals surface area contributed by atoms with Crippen LogP contribution in [0.4, 0.5) is 0 Å². The van der Waals surface area contributed by atoms with Gasteiger partial charge in [0.1, 0.15) is 0 Å². The fraction of sp³-hybridized carbons (Fsp3) is 0.700. The van der Waals surface area contributed by atoms with Crippen molar-refractivity contribution in [3.05, 3.63) is 35.4 Å². The summed E-state index contributed by atoms with van der Waals surface area (Å²) in [6.07, 6.45) is 6.64. The lowest BCUT2D eigenvalue weighted by atomic mass is 9.69. The normalized spacial score (nSPS) is 35.2. The van der Waals surface area contributed by atoms with Crippen LogP contribution in [0.2, 0.25) is 0 Å². The Morgan fingerprint density at radius 2 is 1.86 bits per heavy atom. The summed E-state index contributed by atoms with van der Waals surface area (Å²) in [5, 5.41) is 4.07.